The minimum Gasteiger partial charge on any atom is -0.378 e. The third-order valence-corrected chi connectivity index (χ3v) is 5.40. The first-order valence-electron chi connectivity index (χ1n) is 8.62. The van der Waals surface area contributed by atoms with E-state index in [0.717, 1.165) is 51.6 Å². The highest BCUT2D eigenvalue weighted by Crippen LogP contribution is 2.43. The molecule has 0 radical (unpaired) electrons. The Morgan fingerprint density at radius 3 is 2.64 bits per heavy atom. The Balaban J connectivity index is 0.00000242. The van der Waals surface area contributed by atoms with Crippen molar-refractivity contribution in [2.24, 2.45) is 17.1 Å². The summed E-state index contributed by atoms with van der Waals surface area (Å²) in [4.78, 5) is 12.4. The summed E-state index contributed by atoms with van der Waals surface area (Å²) in [7, 11) is 0. The van der Waals surface area contributed by atoms with Crippen molar-refractivity contribution in [3.63, 3.8) is 0 Å². The zero-order valence-electron chi connectivity index (χ0n) is 14.3. The Labute approximate surface area is 141 Å². The Morgan fingerprint density at radius 1 is 1.32 bits per heavy atom. The molecule has 2 rings (SSSR count). The van der Waals surface area contributed by atoms with E-state index in [9.17, 15) is 4.79 Å². The number of halogens is 1. The van der Waals surface area contributed by atoms with E-state index < -0.39 is 0 Å². The van der Waals surface area contributed by atoms with Gasteiger partial charge in [-0.15, -0.1) is 12.4 Å². The molecule has 4 nitrogen and oxygen atoms in total. The van der Waals surface area contributed by atoms with Crippen molar-refractivity contribution >= 4 is 18.3 Å². The molecule has 2 fully saturated rings. The van der Waals surface area contributed by atoms with Gasteiger partial charge in [0.2, 0.25) is 5.91 Å². The number of carbonyl (C=O) groups excluding carboxylic acids is 1. The van der Waals surface area contributed by atoms with E-state index in [1.807, 2.05) is 0 Å². The van der Waals surface area contributed by atoms with Gasteiger partial charge in [-0.1, -0.05) is 33.6 Å². The highest BCUT2D eigenvalue weighted by Gasteiger charge is 2.50. The number of carbonyl (C=O) groups is 1. The molecule has 0 aromatic carbocycles. The first kappa shape index (κ1) is 19.7. The van der Waals surface area contributed by atoms with Crippen molar-refractivity contribution in [3.8, 4) is 0 Å². The number of hydrogen-bond donors (Lipinski definition) is 2. The second kappa shape index (κ2) is 8.51. The molecule has 2 aliphatic carbocycles. The summed E-state index contributed by atoms with van der Waals surface area (Å²) in [6.07, 6.45) is 7.48. The topological polar surface area (TPSA) is 64.3 Å². The summed E-state index contributed by atoms with van der Waals surface area (Å²) in [5, 5.41) is 3.24. The van der Waals surface area contributed by atoms with Crippen molar-refractivity contribution in [2.45, 2.75) is 83.9 Å². The van der Waals surface area contributed by atoms with Gasteiger partial charge in [-0.25, -0.2) is 0 Å². The van der Waals surface area contributed by atoms with Crippen LogP contribution in [0.4, 0.5) is 0 Å². The molecule has 22 heavy (non-hydrogen) atoms. The highest BCUT2D eigenvalue weighted by molar-refractivity contribution is 5.85. The van der Waals surface area contributed by atoms with E-state index >= 15 is 0 Å². The largest absolute Gasteiger partial charge is 0.378 e. The van der Waals surface area contributed by atoms with Crippen molar-refractivity contribution in [3.05, 3.63) is 0 Å². The molecule has 2 aliphatic rings. The van der Waals surface area contributed by atoms with E-state index in [1.54, 1.807) is 0 Å². The molecule has 4 unspecified atom stereocenters. The van der Waals surface area contributed by atoms with Gasteiger partial charge in [-0.05, 0) is 32.1 Å². The van der Waals surface area contributed by atoms with Crippen molar-refractivity contribution < 1.29 is 9.53 Å². The van der Waals surface area contributed by atoms with E-state index in [0.29, 0.717) is 0 Å². The number of nitrogens with two attached hydrogens (primary N) is 1. The summed E-state index contributed by atoms with van der Waals surface area (Å²) in [6, 6.07) is 0.448. The maximum atomic E-state index is 12.4. The summed E-state index contributed by atoms with van der Waals surface area (Å²) in [5.74, 6) is 0.319. The third kappa shape index (κ3) is 4.59. The zero-order chi connectivity index (χ0) is 15.5. The number of ether oxygens (including phenoxy) is 1. The lowest BCUT2D eigenvalue weighted by atomic mass is 9.64. The molecule has 0 heterocycles. The molecule has 0 aliphatic heterocycles. The van der Waals surface area contributed by atoms with E-state index in [2.05, 4.69) is 26.1 Å². The van der Waals surface area contributed by atoms with Crippen LogP contribution in [-0.2, 0) is 9.53 Å². The average Bonchev–Trinajstić information content (AvgIpc) is 2.45. The maximum absolute atomic E-state index is 12.4. The SMILES string of the molecule is CCCCOC1CC(NC(=O)C2CCCC(N)C2)C1(C)C.Cl. The van der Waals surface area contributed by atoms with Crippen LogP contribution < -0.4 is 11.1 Å². The molecule has 3 N–H and O–H groups in total. The van der Waals surface area contributed by atoms with Gasteiger partial charge in [0.05, 0.1) is 6.10 Å². The van der Waals surface area contributed by atoms with Crippen LogP contribution in [0.1, 0.15) is 65.7 Å². The molecular weight excluding hydrogens is 300 g/mol. The van der Waals surface area contributed by atoms with Crippen LogP contribution in [0, 0.1) is 11.3 Å². The van der Waals surface area contributed by atoms with Crippen LogP contribution in [0.2, 0.25) is 0 Å². The van der Waals surface area contributed by atoms with Crippen LogP contribution in [0.3, 0.4) is 0 Å². The molecule has 0 aromatic rings. The van der Waals surface area contributed by atoms with Gasteiger partial charge in [0.25, 0.3) is 0 Å². The van der Waals surface area contributed by atoms with E-state index in [4.69, 9.17) is 10.5 Å². The monoisotopic (exact) mass is 332 g/mol. The molecule has 5 heteroatoms. The smallest absolute Gasteiger partial charge is 0.223 e. The van der Waals surface area contributed by atoms with Crippen LogP contribution in [0.15, 0.2) is 0 Å². The van der Waals surface area contributed by atoms with E-state index in [1.165, 1.54) is 0 Å². The molecule has 0 spiro atoms. The fourth-order valence-corrected chi connectivity index (χ4v) is 3.54. The minimum absolute atomic E-state index is 0. The average molecular weight is 333 g/mol. The zero-order valence-corrected chi connectivity index (χ0v) is 15.1. The van der Waals surface area contributed by atoms with Gasteiger partial charge < -0.3 is 15.8 Å². The Morgan fingerprint density at radius 2 is 2.05 bits per heavy atom. The molecule has 0 bridgehead atoms. The second-order valence-corrected chi connectivity index (χ2v) is 7.45. The molecule has 130 valence electrons. The lowest BCUT2D eigenvalue weighted by molar-refractivity contribution is -0.141. The Hall–Kier alpha value is -0.320. The van der Waals surface area contributed by atoms with Gasteiger partial charge in [-0.3, -0.25) is 4.79 Å². The predicted molar refractivity (Wildman–Crippen MR) is 92.2 cm³/mol. The first-order valence-corrected chi connectivity index (χ1v) is 8.62. The molecular formula is C17H33ClN2O2. The second-order valence-electron chi connectivity index (χ2n) is 7.45. The number of nitrogens with one attached hydrogen (secondary N) is 1. The van der Waals surface area contributed by atoms with Crippen molar-refractivity contribution in [2.75, 3.05) is 6.61 Å². The number of amides is 1. The van der Waals surface area contributed by atoms with Crippen molar-refractivity contribution in [1.82, 2.24) is 5.32 Å². The molecule has 0 aromatic heterocycles. The highest BCUT2D eigenvalue weighted by atomic mass is 35.5. The lowest BCUT2D eigenvalue weighted by Gasteiger charge is -2.52. The normalized spacial score (nSPS) is 33.5. The predicted octanol–water partition coefficient (Wildman–Crippen LogP) is 3.03. The molecule has 1 amide bonds. The van der Waals surface area contributed by atoms with Crippen molar-refractivity contribution in [1.29, 1.82) is 0 Å². The summed E-state index contributed by atoms with van der Waals surface area (Å²) in [5.41, 5.74) is 6.03. The standard InChI is InChI=1S/C17H32N2O2.ClH/c1-4-5-9-21-15-11-14(17(15,2)3)19-16(20)12-7-6-8-13(18)10-12;/h12-15H,4-11,18H2,1-3H3,(H,19,20);1H. The van der Waals surface area contributed by atoms with Crippen LogP contribution in [-0.4, -0.2) is 30.7 Å². The fraction of sp³-hybridized carbons (Fsp3) is 0.941. The van der Waals surface area contributed by atoms with Gasteiger partial charge in [0.15, 0.2) is 0 Å². The Kier molecular flexibility index (Phi) is 7.63. The van der Waals surface area contributed by atoms with Gasteiger partial charge >= 0.3 is 0 Å². The first-order chi connectivity index (χ1) is 9.95. The summed E-state index contributed by atoms with van der Waals surface area (Å²) < 4.78 is 5.94. The van der Waals surface area contributed by atoms with Crippen LogP contribution >= 0.6 is 12.4 Å². The molecule has 4 atom stereocenters. The number of rotatable bonds is 6. The number of unbranched alkanes of at least 4 members (excludes halogenated alkanes) is 1. The number of hydrogen-bond acceptors (Lipinski definition) is 3. The fourth-order valence-electron chi connectivity index (χ4n) is 3.54. The minimum atomic E-state index is 0. The molecule has 0 saturated heterocycles. The summed E-state index contributed by atoms with van der Waals surface area (Å²) in [6.45, 7) is 7.41. The van der Waals surface area contributed by atoms with Gasteiger partial charge in [0, 0.05) is 30.0 Å². The van der Waals surface area contributed by atoms with Crippen LogP contribution in [0.5, 0.6) is 0 Å². The summed E-state index contributed by atoms with van der Waals surface area (Å²) >= 11 is 0. The van der Waals surface area contributed by atoms with Gasteiger partial charge in [0.1, 0.15) is 0 Å². The van der Waals surface area contributed by atoms with Gasteiger partial charge in [-0.2, -0.15) is 0 Å². The van der Waals surface area contributed by atoms with E-state index in [-0.39, 0.29) is 47.8 Å². The van der Waals surface area contributed by atoms with Crippen LogP contribution in [0.25, 0.3) is 0 Å². The molecule has 2 saturated carbocycles. The Bertz CT molecular complexity index is 363. The quantitative estimate of drug-likeness (QED) is 0.735. The maximum Gasteiger partial charge on any atom is 0.223 e. The third-order valence-electron chi connectivity index (χ3n) is 5.40. The lowest BCUT2D eigenvalue weighted by Crippen LogP contribution is -2.63.